The molecular weight excluding hydrogens is 348 g/mol. The minimum absolute atomic E-state index is 0.0595. The predicted octanol–water partition coefficient (Wildman–Crippen LogP) is 2.84. The molecule has 0 spiro atoms. The first-order valence-electron chi connectivity index (χ1n) is 9.61. The van der Waals surface area contributed by atoms with Gasteiger partial charge in [-0.25, -0.2) is 14.6 Å². The summed E-state index contributed by atoms with van der Waals surface area (Å²) in [7, 11) is 0. The minimum atomic E-state index is 0.0595. The SMILES string of the molecule is CCCSc1nc(N2CCCCC2)c2cnn(CCNC(=O)CC)c2n1. The van der Waals surface area contributed by atoms with Crippen molar-refractivity contribution in [3.63, 3.8) is 0 Å². The zero-order valence-electron chi connectivity index (χ0n) is 15.7. The van der Waals surface area contributed by atoms with Gasteiger partial charge >= 0.3 is 0 Å². The number of fused-ring (bicyclic) bond motifs is 1. The Morgan fingerprint density at radius 3 is 2.77 bits per heavy atom. The molecule has 3 rings (SSSR count). The predicted molar refractivity (Wildman–Crippen MR) is 106 cm³/mol. The Kier molecular flexibility index (Phi) is 6.71. The van der Waals surface area contributed by atoms with Crippen molar-refractivity contribution in [3.05, 3.63) is 6.20 Å². The molecule has 3 heterocycles. The number of piperidine rings is 1. The highest BCUT2D eigenvalue weighted by atomic mass is 32.2. The van der Waals surface area contributed by atoms with E-state index in [1.54, 1.807) is 11.8 Å². The van der Waals surface area contributed by atoms with Crippen LogP contribution in [0.25, 0.3) is 11.0 Å². The third-order valence-corrected chi connectivity index (χ3v) is 5.57. The van der Waals surface area contributed by atoms with Crippen molar-refractivity contribution in [1.82, 2.24) is 25.1 Å². The van der Waals surface area contributed by atoms with Crippen LogP contribution in [0.15, 0.2) is 11.4 Å². The summed E-state index contributed by atoms with van der Waals surface area (Å²) in [4.78, 5) is 23.4. The molecule has 1 saturated heterocycles. The second-order valence-corrected chi connectivity index (χ2v) is 7.60. The first-order chi connectivity index (χ1) is 12.7. The topological polar surface area (TPSA) is 75.9 Å². The standard InChI is InChI=1S/C18H28N6OS/c1-3-12-26-18-21-16(23-9-6-5-7-10-23)14-13-20-24(17(14)22-18)11-8-19-15(25)4-2/h13H,3-12H2,1-2H3,(H,19,25). The van der Waals surface area contributed by atoms with Gasteiger partial charge in [-0.05, 0) is 25.7 Å². The monoisotopic (exact) mass is 376 g/mol. The van der Waals surface area contributed by atoms with Crippen molar-refractivity contribution in [2.75, 3.05) is 30.3 Å². The van der Waals surface area contributed by atoms with Crippen molar-refractivity contribution in [2.24, 2.45) is 0 Å². The van der Waals surface area contributed by atoms with E-state index >= 15 is 0 Å². The molecule has 0 saturated carbocycles. The fourth-order valence-electron chi connectivity index (χ4n) is 3.12. The average molecular weight is 377 g/mol. The number of carbonyl (C=O) groups excluding carboxylic acids is 1. The summed E-state index contributed by atoms with van der Waals surface area (Å²) in [6.07, 6.45) is 7.17. The fourth-order valence-corrected chi connectivity index (χ4v) is 3.80. The first-order valence-corrected chi connectivity index (χ1v) is 10.6. The van der Waals surface area contributed by atoms with Gasteiger partial charge in [-0.15, -0.1) is 0 Å². The van der Waals surface area contributed by atoms with Crippen molar-refractivity contribution in [2.45, 2.75) is 57.7 Å². The molecular formula is C18H28N6OS. The number of thioether (sulfide) groups is 1. The van der Waals surface area contributed by atoms with Gasteiger partial charge in [0.2, 0.25) is 5.91 Å². The molecule has 0 atom stereocenters. The largest absolute Gasteiger partial charge is 0.356 e. The number of rotatable bonds is 8. The van der Waals surface area contributed by atoms with Crippen LogP contribution in [0.1, 0.15) is 46.0 Å². The van der Waals surface area contributed by atoms with Crippen LogP contribution in [0.4, 0.5) is 5.82 Å². The summed E-state index contributed by atoms with van der Waals surface area (Å²) in [5.74, 6) is 2.08. The van der Waals surface area contributed by atoms with Gasteiger partial charge in [0.15, 0.2) is 10.8 Å². The molecule has 0 aliphatic carbocycles. The van der Waals surface area contributed by atoms with Crippen molar-refractivity contribution in [1.29, 1.82) is 0 Å². The van der Waals surface area contributed by atoms with Gasteiger partial charge in [0, 0.05) is 31.8 Å². The molecule has 1 aliphatic rings. The zero-order chi connectivity index (χ0) is 18.4. The lowest BCUT2D eigenvalue weighted by atomic mass is 10.1. The Morgan fingerprint density at radius 1 is 1.23 bits per heavy atom. The van der Waals surface area contributed by atoms with Crippen LogP contribution in [0.2, 0.25) is 0 Å². The second kappa shape index (κ2) is 9.21. The summed E-state index contributed by atoms with van der Waals surface area (Å²) >= 11 is 1.70. The van der Waals surface area contributed by atoms with Gasteiger partial charge in [-0.3, -0.25) is 4.79 Å². The van der Waals surface area contributed by atoms with Gasteiger partial charge in [0.1, 0.15) is 5.82 Å². The molecule has 8 heteroatoms. The van der Waals surface area contributed by atoms with E-state index in [2.05, 4.69) is 22.2 Å². The number of nitrogens with one attached hydrogen (secondary N) is 1. The van der Waals surface area contributed by atoms with Crippen LogP contribution < -0.4 is 10.2 Å². The molecule has 2 aromatic heterocycles. The number of anilines is 1. The van der Waals surface area contributed by atoms with Gasteiger partial charge in [0.05, 0.1) is 18.1 Å². The van der Waals surface area contributed by atoms with Gasteiger partial charge in [0.25, 0.3) is 0 Å². The highest BCUT2D eigenvalue weighted by molar-refractivity contribution is 7.99. The maximum absolute atomic E-state index is 11.5. The number of nitrogens with zero attached hydrogens (tertiary/aromatic N) is 5. The molecule has 1 aliphatic heterocycles. The van der Waals surface area contributed by atoms with E-state index in [9.17, 15) is 4.79 Å². The molecule has 2 aromatic rings. The van der Waals surface area contributed by atoms with Crippen molar-refractivity contribution >= 4 is 34.5 Å². The second-order valence-electron chi connectivity index (χ2n) is 6.53. The zero-order valence-corrected chi connectivity index (χ0v) is 16.5. The van der Waals surface area contributed by atoms with E-state index in [4.69, 9.17) is 9.97 Å². The lowest BCUT2D eigenvalue weighted by Gasteiger charge is -2.28. The smallest absolute Gasteiger partial charge is 0.219 e. The van der Waals surface area contributed by atoms with Crippen LogP contribution in [-0.2, 0) is 11.3 Å². The summed E-state index contributed by atoms with van der Waals surface area (Å²) < 4.78 is 1.89. The number of hydrogen-bond acceptors (Lipinski definition) is 6. The summed E-state index contributed by atoms with van der Waals surface area (Å²) in [6, 6.07) is 0. The normalized spacial score (nSPS) is 14.8. The molecule has 1 N–H and O–H groups in total. The van der Waals surface area contributed by atoms with Crippen molar-refractivity contribution in [3.8, 4) is 0 Å². The Hall–Kier alpha value is -1.83. The van der Waals surface area contributed by atoms with Crippen LogP contribution >= 0.6 is 11.8 Å². The molecule has 0 radical (unpaired) electrons. The third kappa shape index (κ3) is 4.47. The number of amides is 1. The van der Waals surface area contributed by atoms with E-state index in [0.29, 0.717) is 19.5 Å². The maximum atomic E-state index is 11.5. The molecule has 142 valence electrons. The van der Waals surface area contributed by atoms with Crippen LogP contribution in [-0.4, -0.2) is 51.0 Å². The van der Waals surface area contributed by atoms with Crippen LogP contribution in [0.3, 0.4) is 0 Å². The summed E-state index contributed by atoms with van der Waals surface area (Å²) in [5.41, 5.74) is 0.866. The van der Waals surface area contributed by atoms with E-state index in [-0.39, 0.29) is 5.91 Å². The molecule has 26 heavy (non-hydrogen) atoms. The Labute approximate surface area is 158 Å². The quantitative estimate of drug-likeness (QED) is 0.564. The Bertz CT molecular complexity index is 741. The van der Waals surface area contributed by atoms with E-state index in [0.717, 1.165) is 47.3 Å². The molecule has 0 unspecified atom stereocenters. The minimum Gasteiger partial charge on any atom is -0.356 e. The average Bonchev–Trinajstić information content (AvgIpc) is 3.09. The first kappa shape index (κ1) is 18.9. The number of hydrogen-bond donors (Lipinski definition) is 1. The van der Waals surface area contributed by atoms with Crippen LogP contribution in [0, 0.1) is 0 Å². The maximum Gasteiger partial charge on any atom is 0.219 e. The fraction of sp³-hybridized carbons (Fsp3) is 0.667. The van der Waals surface area contributed by atoms with Gasteiger partial charge in [-0.2, -0.15) is 5.10 Å². The highest BCUT2D eigenvalue weighted by Crippen LogP contribution is 2.29. The van der Waals surface area contributed by atoms with Gasteiger partial charge in [-0.1, -0.05) is 25.6 Å². The van der Waals surface area contributed by atoms with E-state index < -0.39 is 0 Å². The molecule has 0 aromatic carbocycles. The summed E-state index contributed by atoms with van der Waals surface area (Å²) in [6.45, 7) is 7.28. The van der Waals surface area contributed by atoms with Crippen LogP contribution in [0.5, 0.6) is 0 Å². The number of carbonyl (C=O) groups is 1. The van der Waals surface area contributed by atoms with Crippen molar-refractivity contribution < 1.29 is 4.79 Å². The summed E-state index contributed by atoms with van der Waals surface area (Å²) in [5, 5.41) is 9.25. The Morgan fingerprint density at radius 2 is 2.04 bits per heavy atom. The number of aromatic nitrogens is 4. The molecule has 7 nitrogen and oxygen atoms in total. The Balaban J connectivity index is 1.88. The highest BCUT2D eigenvalue weighted by Gasteiger charge is 2.19. The van der Waals surface area contributed by atoms with E-state index in [1.807, 2.05) is 17.8 Å². The third-order valence-electron chi connectivity index (χ3n) is 4.51. The lowest BCUT2D eigenvalue weighted by Crippen LogP contribution is -2.30. The van der Waals surface area contributed by atoms with Gasteiger partial charge < -0.3 is 10.2 Å². The van der Waals surface area contributed by atoms with E-state index in [1.165, 1.54) is 19.3 Å². The molecule has 1 amide bonds. The lowest BCUT2D eigenvalue weighted by molar-refractivity contribution is -0.120. The molecule has 1 fully saturated rings. The molecule has 0 bridgehead atoms.